The third-order valence-electron chi connectivity index (χ3n) is 7.40. The van der Waals surface area contributed by atoms with Gasteiger partial charge in [0.1, 0.15) is 13.2 Å². The lowest BCUT2D eigenvalue weighted by molar-refractivity contribution is -0.188. The molecule has 2 aliphatic rings. The highest BCUT2D eigenvalue weighted by Gasteiger charge is 2.50. The highest BCUT2D eigenvalue weighted by molar-refractivity contribution is 14.1. The van der Waals surface area contributed by atoms with Crippen LogP contribution in [0.15, 0.2) is 65.5 Å². The number of para-hydroxylation sites is 1. The Hall–Kier alpha value is -4.17. The first-order chi connectivity index (χ1) is 20.2. The second-order valence-corrected chi connectivity index (χ2v) is 11.5. The topological polar surface area (TPSA) is 129 Å². The van der Waals surface area contributed by atoms with Gasteiger partial charge in [-0.1, -0.05) is 25.1 Å². The molecule has 42 heavy (non-hydrogen) atoms. The number of pyridine rings is 2. The van der Waals surface area contributed by atoms with Crippen molar-refractivity contribution in [3.05, 3.63) is 96.8 Å². The number of benzene rings is 2. The van der Waals surface area contributed by atoms with Crippen molar-refractivity contribution in [3.8, 4) is 11.4 Å². The minimum atomic E-state index is -1.84. The fourth-order valence-corrected chi connectivity index (χ4v) is 5.81. The van der Waals surface area contributed by atoms with Gasteiger partial charge < -0.3 is 19.4 Å². The van der Waals surface area contributed by atoms with Crippen LogP contribution < -0.4 is 16.2 Å². The van der Waals surface area contributed by atoms with Gasteiger partial charge in [-0.2, -0.15) is 0 Å². The number of nitrogens with zero attached hydrogens (tertiary/aromatic N) is 2. The van der Waals surface area contributed by atoms with Crippen molar-refractivity contribution in [2.45, 2.75) is 32.1 Å². The number of nitrogens with one attached hydrogen (secondary N) is 2. The van der Waals surface area contributed by atoms with E-state index in [4.69, 9.17) is 26.7 Å². The first kappa shape index (κ1) is 28.0. The minimum absolute atomic E-state index is 0.0272. The zero-order valence-electron chi connectivity index (χ0n) is 22.2. The van der Waals surface area contributed by atoms with E-state index < -0.39 is 30.0 Å². The fraction of sp³-hybridized carbons (Fsp3) is 0.200. The SMILES string of the molecule is CC[C@@]1(OC(=O)CNC(=S)NC(=O)c2ccc(I)cc2)C(=O)OCc2c1cc1n(c2=O)Cc2cc3ccccc3nc2-1. The van der Waals surface area contributed by atoms with E-state index in [-0.39, 0.29) is 34.8 Å². The molecule has 0 unspecified atom stereocenters. The van der Waals surface area contributed by atoms with Crippen LogP contribution in [0.2, 0.25) is 0 Å². The highest BCUT2D eigenvalue weighted by Crippen LogP contribution is 2.40. The molecule has 0 fully saturated rings. The average molecular weight is 695 g/mol. The monoisotopic (exact) mass is 694 g/mol. The lowest BCUT2D eigenvalue weighted by atomic mass is 9.85. The second kappa shape index (κ2) is 10.9. The Morgan fingerprint density at radius 3 is 2.67 bits per heavy atom. The molecule has 2 aromatic carbocycles. The number of halogens is 1. The van der Waals surface area contributed by atoms with Crippen molar-refractivity contribution >= 4 is 68.7 Å². The smallest absolute Gasteiger partial charge is 0.355 e. The van der Waals surface area contributed by atoms with Crippen LogP contribution in [0, 0.1) is 3.57 Å². The van der Waals surface area contributed by atoms with E-state index in [9.17, 15) is 19.2 Å². The number of fused-ring (bicyclic) bond motifs is 5. The van der Waals surface area contributed by atoms with E-state index in [0.717, 1.165) is 20.0 Å². The van der Waals surface area contributed by atoms with E-state index in [2.05, 4.69) is 33.2 Å². The van der Waals surface area contributed by atoms with Gasteiger partial charge in [0.05, 0.1) is 29.0 Å². The Balaban J connectivity index is 1.25. The summed E-state index contributed by atoms with van der Waals surface area (Å²) in [5, 5.41) is 6.02. The summed E-state index contributed by atoms with van der Waals surface area (Å²) in [5.74, 6) is -2.03. The second-order valence-electron chi connectivity index (χ2n) is 9.88. The van der Waals surface area contributed by atoms with Crippen LogP contribution in [0.5, 0.6) is 0 Å². The minimum Gasteiger partial charge on any atom is -0.457 e. The molecule has 1 amide bonds. The van der Waals surface area contributed by atoms with Crippen molar-refractivity contribution < 1.29 is 23.9 Å². The summed E-state index contributed by atoms with van der Waals surface area (Å²) in [7, 11) is 0. The molecule has 0 radical (unpaired) electrons. The molecule has 0 saturated carbocycles. The molecule has 0 bridgehead atoms. The predicted molar refractivity (Wildman–Crippen MR) is 166 cm³/mol. The summed E-state index contributed by atoms with van der Waals surface area (Å²) in [6.07, 6.45) is 0.0272. The number of rotatable bonds is 5. The van der Waals surface area contributed by atoms with Crippen molar-refractivity contribution in [1.29, 1.82) is 0 Å². The molecule has 4 heterocycles. The Morgan fingerprint density at radius 1 is 1.14 bits per heavy atom. The van der Waals surface area contributed by atoms with E-state index in [1.165, 1.54) is 0 Å². The Bertz CT molecular complexity index is 1870. The summed E-state index contributed by atoms with van der Waals surface area (Å²) in [6, 6.07) is 18.3. The molecule has 212 valence electrons. The highest BCUT2D eigenvalue weighted by atomic mass is 127. The van der Waals surface area contributed by atoms with E-state index >= 15 is 0 Å². The predicted octanol–water partition coefficient (Wildman–Crippen LogP) is 3.54. The Labute approximate surface area is 258 Å². The quantitative estimate of drug-likeness (QED) is 0.161. The molecule has 2 aliphatic heterocycles. The maximum Gasteiger partial charge on any atom is 0.355 e. The van der Waals surface area contributed by atoms with Crippen LogP contribution in [0.1, 0.15) is 40.4 Å². The van der Waals surface area contributed by atoms with Gasteiger partial charge in [0.25, 0.3) is 11.5 Å². The zero-order chi connectivity index (χ0) is 29.6. The summed E-state index contributed by atoms with van der Waals surface area (Å²) in [5.41, 5.74) is 1.60. The van der Waals surface area contributed by atoms with Crippen LogP contribution in [-0.2, 0) is 37.8 Å². The van der Waals surface area contributed by atoms with Crippen molar-refractivity contribution in [1.82, 2.24) is 20.2 Å². The van der Waals surface area contributed by atoms with Gasteiger partial charge in [-0.3, -0.25) is 19.7 Å². The van der Waals surface area contributed by atoms with Gasteiger partial charge in [-0.15, -0.1) is 0 Å². The molecule has 2 aromatic heterocycles. The number of amides is 1. The average Bonchev–Trinajstić information content (AvgIpc) is 3.34. The summed E-state index contributed by atoms with van der Waals surface area (Å²) >= 11 is 7.30. The molecule has 4 aromatic rings. The fourth-order valence-electron chi connectivity index (χ4n) is 5.29. The van der Waals surface area contributed by atoms with Crippen LogP contribution in [0.4, 0.5) is 0 Å². The van der Waals surface area contributed by atoms with E-state index in [1.54, 1.807) is 41.8 Å². The van der Waals surface area contributed by atoms with Gasteiger partial charge >= 0.3 is 11.9 Å². The summed E-state index contributed by atoms with van der Waals surface area (Å²) in [4.78, 5) is 57.1. The number of carbonyl (C=O) groups is 3. The third-order valence-corrected chi connectivity index (χ3v) is 8.36. The van der Waals surface area contributed by atoms with Gasteiger partial charge in [0.15, 0.2) is 5.11 Å². The number of ether oxygens (including phenoxy) is 2. The van der Waals surface area contributed by atoms with Gasteiger partial charge in [0.2, 0.25) is 5.60 Å². The van der Waals surface area contributed by atoms with E-state index in [1.807, 2.05) is 30.3 Å². The molecule has 0 spiro atoms. The number of carbonyl (C=O) groups excluding carboxylic acids is 3. The standard InChI is InChI=1S/C30H23IN4O6S/c1-2-30(41-24(36)13-32-29(42)34-26(37)16-7-9-19(31)10-8-16)21-12-23-25-18(11-17-5-3-4-6-22(17)33-25)14-35(23)27(38)20(21)15-40-28(30)39/h3-12H,2,13-15H2,1H3,(H2,32,34,37,42)/t30-/m0/s1. The first-order valence-corrected chi connectivity index (χ1v) is 14.6. The van der Waals surface area contributed by atoms with E-state index in [0.29, 0.717) is 23.5 Å². The number of thiocarbonyl (C=S) groups is 1. The molecule has 2 N–H and O–H groups in total. The molecular formula is C30H23IN4O6S. The third kappa shape index (κ3) is 4.83. The molecule has 10 nitrogen and oxygen atoms in total. The number of esters is 2. The first-order valence-electron chi connectivity index (χ1n) is 13.1. The Kier molecular flexibility index (Phi) is 7.27. The van der Waals surface area contributed by atoms with Crippen LogP contribution in [0.3, 0.4) is 0 Å². The largest absolute Gasteiger partial charge is 0.457 e. The van der Waals surface area contributed by atoms with Crippen molar-refractivity contribution in [2.75, 3.05) is 6.54 Å². The van der Waals surface area contributed by atoms with Crippen LogP contribution in [-0.4, -0.2) is 39.1 Å². The maximum atomic E-state index is 13.7. The lowest BCUT2D eigenvalue weighted by Crippen LogP contribution is -2.49. The number of hydrogen-bond acceptors (Lipinski definition) is 8. The Morgan fingerprint density at radius 2 is 1.90 bits per heavy atom. The van der Waals surface area contributed by atoms with Crippen molar-refractivity contribution in [2.24, 2.45) is 0 Å². The number of cyclic esters (lactones) is 1. The maximum absolute atomic E-state index is 13.7. The number of hydrogen-bond donors (Lipinski definition) is 2. The van der Waals surface area contributed by atoms with Crippen LogP contribution in [0.25, 0.3) is 22.3 Å². The molecular weight excluding hydrogens is 671 g/mol. The van der Waals surface area contributed by atoms with Gasteiger partial charge in [-0.05, 0) is 83.7 Å². The van der Waals surface area contributed by atoms with Crippen molar-refractivity contribution in [3.63, 3.8) is 0 Å². The normalized spacial score (nSPS) is 16.6. The zero-order valence-corrected chi connectivity index (χ0v) is 25.2. The van der Waals surface area contributed by atoms with Gasteiger partial charge in [0, 0.05) is 25.6 Å². The van der Waals surface area contributed by atoms with Crippen LogP contribution >= 0.6 is 34.8 Å². The molecule has 0 aliphatic carbocycles. The molecule has 6 rings (SSSR count). The molecule has 12 heteroatoms. The summed E-state index contributed by atoms with van der Waals surface area (Å²) in [6.45, 7) is 1.34. The summed E-state index contributed by atoms with van der Waals surface area (Å²) < 4.78 is 13.7. The molecule has 1 atom stereocenters. The molecule has 0 saturated heterocycles. The number of aromatic nitrogens is 2. The van der Waals surface area contributed by atoms with Gasteiger partial charge in [-0.25, -0.2) is 9.78 Å². The lowest BCUT2D eigenvalue weighted by Gasteiger charge is -2.35.